The average molecular weight is 504 g/mol. The number of aryl methyl sites for hydroxylation is 1. The van der Waals surface area contributed by atoms with Crippen LogP contribution in [-0.2, 0) is 20.5 Å². The Labute approximate surface area is 218 Å². The van der Waals surface area contributed by atoms with Gasteiger partial charge in [0, 0.05) is 28.4 Å². The van der Waals surface area contributed by atoms with Gasteiger partial charge in [0.15, 0.2) is 5.76 Å². The molecule has 2 saturated heterocycles. The van der Waals surface area contributed by atoms with Gasteiger partial charge >= 0.3 is 0 Å². The maximum Gasteiger partial charge on any atom is 0.251 e. The molecule has 2 spiro atoms. The van der Waals surface area contributed by atoms with E-state index in [1.165, 1.54) is 0 Å². The number of furan rings is 1. The number of benzene rings is 3. The molecule has 4 aromatic rings. The molecule has 1 aromatic heterocycles. The van der Waals surface area contributed by atoms with Crippen LogP contribution in [0.25, 0.3) is 11.0 Å². The van der Waals surface area contributed by atoms with Crippen molar-refractivity contribution in [3.8, 4) is 0 Å². The smallest absolute Gasteiger partial charge is 0.251 e. The third kappa shape index (κ3) is 2.28. The molecule has 2 fully saturated rings. The molecule has 38 heavy (non-hydrogen) atoms. The van der Waals surface area contributed by atoms with E-state index in [0.29, 0.717) is 29.8 Å². The number of carbonyl (C=O) groups excluding carboxylic acids is 3. The number of ketones is 1. The lowest BCUT2D eigenvalue weighted by atomic mass is 9.57. The van der Waals surface area contributed by atoms with Gasteiger partial charge in [-0.3, -0.25) is 19.3 Å². The Bertz CT molecular complexity index is 1690. The van der Waals surface area contributed by atoms with Crippen LogP contribution in [0.2, 0.25) is 0 Å². The number of fused-ring (bicyclic) bond motifs is 8. The summed E-state index contributed by atoms with van der Waals surface area (Å²) in [6.45, 7) is 2.58. The Balaban J connectivity index is 1.47. The van der Waals surface area contributed by atoms with Crippen molar-refractivity contribution < 1.29 is 18.8 Å². The molecule has 0 aliphatic carbocycles. The van der Waals surface area contributed by atoms with Crippen molar-refractivity contribution in [2.24, 2.45) is 5.92 Å². The topological polar surface area (TPSA) is 91.7 Å². The first-order valence-corrected chi connectivity index (χ1v) is 13.1. The third-order valence-electron chi connectivity index (χ3n) is 9.29. The van der Waals surface area contributed by atoms with Gasteiger partial charge in [0.25, 0.3) is 5.91 Å². The molecule has 2 N–H and O–H groups in total. The van der Waals surface area contributed by atoms with E-state index in [1.54, 1.807) is 6.07 Å². The summed E-state index contributed by atoms with van der Waals surface area (Å²) in [6, 6.07) is 22.3. The molecule has 7 nitrogen and oxygen atoms in total. The summed E-state index contributed by atoms with van der Waals surface area (Å²) in [6.07, 6.45) is 1.55. The predicted octanol–water partition coefficient (Wildman–Crippen LogP) is 4.76. The second-order valence-corrected chi connectivity index (χ2v) is 10.9. The molecule has 4 aliphatic rings. The van der Waals surface area contributed by atoms with Gasteiger partial charge in [0.05, 0.1) is 5.92 Å². The first-order chi connectivity index (χ1) is 18.5. The van der Waals surface area contributed by atoms with Crippen molar-refractivity contribution in [2.45, 2.75) is 36.8 Å². The standard InChI is InChI=1S/C31H25N3O4/c1-17-8-6-11-20-26(17)33-29(37)31(20)30(19-10-3-4-12-21(19)32-28(30)36)25(22-13-7-15-34(22)31)27(35)24-16-18-9-2-5-14-23(18)38-24/h2-6,8-12,14,16,22,25H,7,13,15H2,1H3,(H,32,36)(H,33,37)/t22-,25+,30+,31+/m1/s1. The average Bonchev–Trinajstić information content (AvgIpc) is 3.71. The second kappa shape index (κ2) is 7.20. The monoisotopic (exact) mass is 503 g/mol. The van der Waals surface area contributed by atoms with E-state index >= 15 is 0 Å². The van der Waals surface area contributed by atoms with Gasteiger partial charge in [0.1, 0.15) is 16.5 Å². The van der Waals surface area contributed by atoms with E-state index in [9.17, 15) is 14.4 Å². The minimum absolute atomic E-state index is 0.222. The quantitative estimate of drug-likeness (QED) is 0.385. The summed E-state index contributed by atoms with van der Waals surface area (Å²) in [4.78, 5) is 45.8. The van der Waals surface area contributed by atoms with Gasteiger partial charge in [-0.15, -0.1) is 0 Å². The molecular formula is C31H25N3O4. The molecule has 0 bridgehead atoms. The molecule has 4 aliphatic heterocycles. The van der Waals surface area contributed by atoms with E-state index in [-0.39, 0.29) is 29.4 Å². The van der Waals surface area contributed by atoms with Gasteiger partial charge in [-0.2, -0.15) is 0 Å². The van der Waals surface area contributed by atoms with Crippen LogP contribution >= 0.6 is 0 Å². The van der Waals surface area contributed by atoms with Gasteiger partial charge in [-0.25, -0.2) is 0 Å². The Kier molecular flexibility index (Phi) is 4.13. The van der Waals surface area contributed by atoms with Crippen LogP contribution in [0, 0.1) is 12.8 Å². The molecule has 0 unspecified atom stereocenters. The lowest BCUT2D eigenvalue weighted by Gasteiger charge is -2.43. The lowest BCUT2D eigenvalue weighted by Crippen LogP contribution is -2.62. The van der Waals surface area contributed by atoms with E-state index in [1.807, 2.05) is 73.7 Å². The van der Waals surface area contributed by atoms with Gasteiger partial charge in [0.2, 0.25) is 11.7 Å². The predicted molar refractivity (Wildman–Crippen MR) is 142 cm³/mol. The summed E-state index contributed by atoms with van der Waals surface area (Å²) in [5.74, 6) is -1.39. The van der Waals surface area contributed by atoms with Crippen LogP contribution in [0.3, 0.4) is 0 Å². The minimum Gasteiger partial charge on any atom is -0.453 e. The van der Waals surface area contributed by atoms with E-state index in [4.69, 9.17) is 4.42 Å². The molecule has 188 valence electrons. The first-order valence-electron chi connectivity index (χ1n) is 13.1. The first kappa shape index (κ1) is 21.8. The van der Waals surface area contributed by atoms with Gasteiger partial charge < -0.3 is 15.1 Å². The molecule has 8 rings (SSSR count). The Hall–Kier alpha value is -4.23. The number of nitrogens with zero attached hydrogens (tertiary/aromatic N) is 1. The summed E-state index contributed by atoms with van der Waals surface area (Å²) in [5, 5.41) is 7.04. The Morgan fingerprint density at radius 2 is 1.74 bits per heavy atom. The maximum absolute atomic E-state index is 14.7. The zero-order chi connectivity index (χ0) is 25.8. The molecular weight excluding hydrogens is 478 g/mol. The molecule has 0 saturated carbocycles. The number of hydrogen-bond donors (Lipinski definition) is 2. The highest BCUT2D eigenvalue weighted by atomic mass is 16.3. The lowest BCUT2D eigenvalue weighted by molar-refractivity contribution is -0.137. The number of amides is 2. The molecule has 5 heterocycles. The number of Topliss-reactive ketones (excluding diaryl/α,β-unsaturated/α-hetero) is 1. The van der Waals surface area contributed by atoms with Crippen molar-refractivity contribution in [3.05, 3.63) is 95.2 Å². The third-order valence-corrected chi connectivity index (χ3v) is 9.29. The normalized spacial score (nSPS) is 29.1. The Morgan fingerprint density at radius 3 is 2.61 bits per heavy atom. The fourth-order valence-electron chi connectivity index (χ4n) is 8.01. The van der Waals surface area contributed by atoms with Crippen molar-refractivity contribution in [2.75, 3.05) is 17.2 Å². The number of para-hydroxylation sites is 3. The summed E-state index contributed by atoms with van der Waals surface area (Å²) < 4.78 is 6.08. The van der Waals surface area contributed by atoms with Gasteiger partial charge in [-0.1, -0.05) is 54.6 Å². The van der Waals surface area contributed by atoms with Crippen molar-refractivity contribution in [1.29, 1.82) is 0 Å². The molecule has 4 atom stereocenters. The zero-order valence-electron chi connectivity index (χ0n) is 20.8. The van der Waals surface area contributed by atoms with Gasteiger partial charge in [-0.05, 0) is 55.6 Å². The highest BCUT2D eigenvalue weighted by Gasteiger charge is 2.81. The van der Waals surface area contributed by atoms with Crippen LogP contribution in [0.4, 0.5) is 11.4 Å². The Morgan fingerprint density at radius 1 is 0.947 bits per heavy atom. The van der Waals surface area contributed by atoms with Crippen molar-refractivity contribution >= 4 is 39.9 Å². The van der Waals surface area contributed by atoms with Crippen LogP contribution < -0.4 is 10.6 Å². The highest BCUT2D eigenvalue weighted by molar-refractivity contribution is 6.21. The maximum atomic E-state index is 14.7. The van der Waals surface area contributed by atoms with E-state index in [0.717, 1.165) is 28.6 Å². The molecule has 3 aromatic carbocycles. The van der Waals surface area contributed by atoms with Crippen LogP contribution in [0.5, 0.6) is 0 Å². The highest BCUT2D eigenvalue weighted by Crippen LogP contribution is 2.68. The summed E-state index contributed by atoms with van der Waals surface area (Å²) >= 11 is 0. The number of anilines is 2. The van der Waals surface area contributed by atoms with Crippen molar-refractivity contribution in [3.63, 3.8) is 0 Å². The van der Waals surface area contributed by atoms with E-state index in [2.05, 4.69) is 15.5 Å². The number of rotatable bonds is 2. The molecule has 7 heteroatoms. The number of nitrogens with one attached hydrogen (secondary N) is 2. The summed E-state index contributed by atoms with van der Waals surface area (Å²) in [5.41, 5.74) is 1.56. The summed E-state index contributed by atoms with van der Waals surface area (Å²) in [7, 11) is 0. The fraction of sp³-hybridized carbons (Fsp3) is 0.258. The SMILES string of the molecule is Cc1cccc2c1NC(=O)[C@@]21N2CCC[C@@H]2[C@@H](C(=O)c2cc3ccccc3o2)[C@@]12C(=O)Nc1ccccc12. The number of carbonyl (C=O) groups is 3. The van der Waals surface area contributed by atoms with Crippen molar-refractivity contribution in [1.82, 2.24) is 4.90 Å². The zero-order valence-corrected chi connectivity index (χ0v) is 20.8. The fourth-order valence-corrected chi connectivity index (χ4v) is 8.01. The minimum atomic E-state index is -1.46. The van der Waals surface area contributed by atoms with E-state index < -0.39 is 16.9 Å². The number of hydrogen-bond acceptors (Lipinski definition) is 5. The molecule has 0 radical (unpaired) electrons. The second-order valence-electron chi connectivity index (χ2n) is 10.9. The van der Waals surface area contributed by atoms with Crippen LogP contribution in [-0.4, -0.2) is 35.1 Å². The van der Waals surface area contributed by atoms with Crippen LogP contribution in [0.15, 0.2) is 77.2 Å². The van der Waals surface area contributed by atoms with Crippen LogP contribution in [0.1, 0.15) is 40.1 Å². The molecule has 2 amide bonds. The largest absolute Gasteiger partial charge is 0.453 e.